The van der Waals surface area contributed by atoms with Crippen LogP contribution in [0.5, 0.6) is 0 Å². The molecule has 6 nitrogen and oxygen atoms in total. The molecule has 0 spiro atoms. The fraction of sp³-hybridized carbons (Fsp3) is 0.250. The molecule has 2 amide bonds. The number of carbonyl (C=O) groups is 2. The summed E-state index contributed by atoms with van der Waals surface area (Å²) in [7, 11) is 0. The molecule has 0 fully saturated rings. The van der Waals surface area contributed by atoms with Crippen LogP contribution in [0.1, 0.15) is 19.1 Å². The van der Waals surface area contributed by atoms with Crippen molar-refractivity contribution in [2.24, 2.45) is 0 Å². The maximum Gasteiger partial charge on any atom is 0.225 e. The Morgan fingerprint density at radius 3 is 2.32 bits per heavy atom. The van der Waals surface area contributed by atoms with Gasteiger partial charge in [-0.2, -0.15) is 0 Å². The zero-order valence-electron chi connectivity index (χ0n) is 12.4. The first kappa shape index (κ1) is 15.8. The van der Waals surface area contributed by atoms with Crippen molar-refractivity contribution in [1.82, 2.24) is 5.32 Å². The second-order valence-corrected chi connectivity index (χ2v) is 4.81. The molecule has 0 aliphatic carbocycles. The third-order valence-electron chi connectivity index (χ3n) is 2.90. The molecule has 0 saturated heterocycles. The van der Waals surface area contributed by atoms with E-state index in [2.05, 4.69) is 16.0 Å². The van der Waals surface area contributed by atoms with E-state index in [1.807, 2.05) is 12.1 Å². The van der Waals surface area contributed by atoms with Gasteiger partial charge in [0.25, 0.3) is 0 Å². The Balaban J connectivity index is 1.69. The molecule has 3 N–H and O–H groups in total. The van der Waals surface area contributed by atoms with Gasteiger partial charge < -0.3 is 20.4 Å². The summed E-state index contributed by atoms with van der Waals surface area (Å²) < 4.78 is 5.18. The maximum absolute atomic E-state index is 11.8. The number of anilines is 2. The van der Waals surface area contributed by atoms with Crippen molar-refractivity contribution in [2.45, 2.75) is 19.9 Å². The minimum atomic E-state index is -0.126. The number of rotatable bonds is 7. The van der Waals surface area contributed by atoms with Crippen LogP contribution < -0.4 is 16.0 Å². The standard InChI is InChI=1S/C16H19N3O3/c1-12(20)18-13-4-6-14(7-5-13)19-16(21)8-9-17-11-15-3-2-10-22-15/h2-7,10,17H,8-9,11H2,1H3,(H,18,20)(H,19,21). The van der Waals surface area contributed by atoms with E-state index in [9.17, 15) is 9.59 Å². The van der Waals surface area contributed by atoms with Gasteiger partial charge in [0.2, 0.25) is 11.8 Å². The molecule has 0 saturated carbocycles. The molecule has 22 heavy (non-hydrogen) atoms. The number of benzene rings is 1. The van der Waals surface area contributed by atoms with Crippen LogP contribution in [0, 0.1) is 0 Å². The molecular weight excluding hydrogens is 282 g/mol. The molecule has 1 heterocycles. The Morgan fingerprint density at radius 1 is 1.05 bits per heavy atom. The summed E-state index contributed by atoms with van der Waals surface area (Å²) in [5, 5.41) is 8.60. The van der Waals surface area contributed by atoms with E-state index in [0.29, 0.717) is 30.9 Å². The highest BCUT2D eigenvalue weighted by molar-refractivity contribution is 5.92. The van der Waals surface area contributed by atoms with Crippen LogP contribution in [0.3, 0.4) is 0 Å². The molecule has 2 aromatic rings. The summed E-state index contributed by atoms with van der Waals surface area (Å²) in [4.78, 5) is 22.7. The molecule has 116 valence electrons. The summed E-state index contributed by atoms with van der Waals surface area (Å²) in [6, 6.07) is 10.7. The van der Waals surface area contributed by atoms with Gasteiger partial charge >= 0.3 is 0 Å². The zero-order chi connectivity index (χ0) is 15.8. The molecule has 0 unspecified atom stereocenters. The van der Waals surface area contributed by atoms with Gasteiger partial charge in [-0.05, 0) is 36.4 Å². The van der Waals surface area contributed by atoms with E-state index in [0.717, 1.165) is 5.76 Å². The average Bonchev–Trinajstić information content (AvgIpc) is 2.98. The first-order chi connectivity index (χ1) is 10.6. The lowest BCUT2D eigenvalue weighted by atomic mass is 10.2. The highest BCUT2D eigenvalue weighted by Gasteiger charge is 2.03. The van der Waals surface area contributed by atoms with Crippen molar-refractivity contribution >= 4 is 23.2 Å². The number of carbonyl (C=O) groups excluding carboxylic acids is 2. The summed E-state index contributed by atoms with van der Waals surface area (Å²) >= 11 is 0. The molecular formula is C16H19N3O3. The molecule has 2 rings (SSSR count). The Bertz CT molecular complexity index is 606. The molecule has 1 aromatic heterocycles. The lowest BCUT2D eigenvalue weighted by Gasteiger charge is -2.07. The van der Waals surface area contributed by atoms with Crippen molar-refractivity contribution in [3.8, 4) is 0 Å². The Hall–Kier alpha value is -2.60. The van der Waals surface area contributed by atoms with E-state index in [4.69, 9.17) is 4.42 Å². The predicted octanol–water partition coefficient (Wildman–Crippen LogP) is 2.36. The van der Waals surface area contributed by atoms with Crippen LogP contribution in [-0.2, 0) is 16.1 Å². The minimum Gasteiger partial charge on any atom is -0.468 e. The Morgan fingerprint density at radius 2 is 1.73 bits per heavy atom. The first-order valence-electron chi connectivity index (χ1n) is 7.04. The lowest BCUT2D eigenvalue weighted by Crippen LogP contribution is -2.21. The highest BCUT2D eigenvalue weighted by atomic mass is 16.3. The predicted molar refractivity (Wildman–Crippen MR) is 84.4 cm³/mol. The van der Waals surface area contributed by atoms with Gasteiger partial charge in [0, 0.05) is 31.3 Å². The lowest BCUT2D eigenvalue weighted by molar-refractivity contribution is -0.116. The van der Waals surface area contributed by atoms with Crippen molar-refractivity contribution < 1.29 is 14.0 Å². The van der Waals surface area contributed by atoms with Gasteiger partial charge in [0.15, 0.2) is 0 Å². The van der Waals surface area contributed by atoms with Crippen LogP contribution in [-0.4, -0.2) is 18.4 Å². The van der Waals surface area contributed by atoms with E-state index in [-0.39, 0.29) is 11.8 Å². The normalized spacial score (nSPS) is 10.2. The fourth-order valence-corrected chi connectivity index (χ4v) is 1.89. The van der Waals surface area contributed by atoms with Crippen molar-refractivity contribution in [1.29, 1.82) is 0 Å². The quantitative estimate of drug-likeness (QED) is 0.686. The number of hydrogen-bond donors (Lipinski definition) is 3. The monoisotopic (exact) mass is 301 g/mol. The average molecular weight is 301 g/mol. The SMILES string of the molecule is CC(=O)Nc1ccc(NC(=O)CCNCc2ccco2)cc1. The van der Waals surface area contributed by atoms with Gasteiger partial charge in [-0.3, -0.25) is 9.59 Å². The van der Waals surface area contributed by atoms with Gasteiger partial charge in [0.05, 0.1) is 12.8 Å². The highest BCUT2D eigenvalue weighted by Crippen LogP contribution is 2.13. The van der Waals surface area contributed by atoms with Gasteiger partial charge in [-0.25, -0.2) is 0 Å². The molecule has 0 aliphatic rings. The van der Waals surface area contributed by atoms with Crippen molar-refractivity contribution in [3.63, 3.8) is 0 Å². The van der Waals surface area contributed by atoms with Gasteiger partial charge in [-0.15, -0.1) is 0 Å². The zero-order valence-corrected chi connectivity index (χ0v) is 12.4. The topological polar surface area (TPSA) is 83.4 Å². The van der Waals surface area contributed by atoms with Crippen LogP contribution in [0.15, 0.2) is 47.1 Å². The van der Waals surface area contributed by atoms with E-state index < -0.39 is 0 Å². The third-order valence-corrected chi connectivity index (χ3v) is 2.90. The second kappa shape index (κ2) is 7.99. The number of hydrogen-bond acceptors (Lipinski definition) is 4. The van der Waals surface area contributed by atoms with E-state index in [1.54, 1.807) is 30.5 Å². The van der Waals surface area contributed by atoms with Crippen molar-refractivity contribution in [2.75, 3.05) is 17.2 Å². The first-order valence-corrected chi connectivity index (χ1v) is 7.04. The number of furan rings is 1. The van der Waals surface area contributed by atoms with Crippen LogP contribution in [0.2, 0.25) is 0 Å². The van der Waals surface area contributed by atoms with Crippen LogP contribution in [0.4, 0.5) is 11.4 Å². The van der Waals surface area contributed by atoms with Gasteiger partial charge in [-0.1, -0.05) is 0 Å². The molecule has 0 atom stereocenters. The smallest absolute Gasteiger partial charge is 0.225 e. The Labute approximate surface area is 128 Å². The number of nitrogens with one attached hydrogen (secondary N) is 3. The summed E-state index contributed by atoms with van der Waals surface area (Å²) in [6.07, 6.45) is 1.99. The largest absolute Gasteiger partial charge is 0.468 e. The van der Waals surface area contributed by atoms with E-state index in [1.165, 1.54) is 6.92 Å². The van der Waals surface area contributed by atoms with Crippen molar-refractivity contribution in [3.05, 3.63) is 48.4 Å². The second-order valence-electron chi connectivity index (χ2n) is 4.81. The molecule has 0 radical (unpaired) electrons. The molecule has 6 heteroatoms. The molecule has 1 aromatic carbocycles. The van der Waals surface area contributed by atoms with E-state index >= 15 is 0 Å². The van der Waals surface area contributed by atoms with Crippen LogP contribution in [0.25, 0.3) is 0 Å². The van der Waals surface area contributed by atoms with Crippen LogP contribution >= 0.6 is 0 Å². The molecule has 0 aliphatic heterocycles. The summed E-state index contributed by atoms with van der Waals surface area (Å²) in [6.45, 7) is 2.62. The molecule has 0 bridgehead atoms. The third kappa shape index (κ3) is 5.41. The minimum absolute atomic E-state index is 0.0702. The fourth-order valence-electron chi connectivity index (χ4n) is 1.89. The number of amides is 2. The Kier molecular flexibility index (Phi) is 5.73. The summed E-state index contributed by atoms with van der Waals surface area (Å²) in [5.74, 6) is 0.646. The van der Waals surface area contributed by atoms with Gasteiger partial charge in [0.1, 0.15) is 5.76 Å². The summed E-state index contributed by atoms with van der Waals surface area (Å²) in [5.41, 5.74) is 1.40. The maximum atomic E-state index is 11.8.